The second-order valence-electron chi connectivity index (χ2n) is 4.00. The summed E-state index contributed by atoms with van der Waals surface area (Å²) in [5.41, 5.74) is 0.127. The van der Waals surface area contributed by atoms with Crippen LogP contribution in [0.3, 0.4) is 0 Å². The maximum atomic E-state index is 12.2. The Hall–Kier alpha value is -2.60. The number of carbonyl (C=O) groups is 2. The number of aromatic carboxylic acids is 1. The third-order valence-corrected chi connectivity index (χ3v) is 2.91. The van der Waals surface area contributed by atoms with Crippen molar-refractivity contribution in [3.8, 4) is 5.75 Å². The molecule has 0 radical (unpaired) electrons. The molecule has 2 N–H and O–H groups in total. The Labute approximate surface area is 125 Å². The highest BCUT2D eigenvalue weighted by Gasteiger charge is 2.17. The van der Waals surface area contributed by atoms with Gasteiger partial charge in [0.2, 0.25) is 0 Å². The normalized spacial score (nSPS) is 10.0. The zero-order valence-electron chi connectivity index (χ0n) is 11.0. The molecular formula is C14H11ClN2O4. The van der Waals surface area contributed by atoms with Gasteiger partial charge in [-0.25, -0.2) is 9.78 Å². The molecule has 2 rings (SSSR count). The molecule has 6 nitrogen and oxygen atoms in total. The van der Waals surface area contributed by atoms with Crippen LogP contribution in [0.2, 0.25) is 5.02 Å². The Morgan fingerprint density at radius 1 is 1.29 bits per heavy atom. The van der Waals surface area contributed by atoms with E-state index in [2.05, 4.69) is 10.3 Å². The molecule has 0 unspecified atom stereocenters. The minimum atomic E-state index is -1.18. The summed E-state index contributed by atoms with van der Waals surface area (Å²) in [6, 6.07) is 7.34. The first kappa shape index (κ1) is 14.8. The first-order chi connectivity index (χ1) is 10.0. The van der Waals surface area contributed by atoms with Gasteiger partial charge in [0, 0.05) is 11.2 Å². The molecule has 0 aliphatic carbocycles. The molecule has 108 valence electrons. The summed E-state index contributed by atoms with van der Waals surface area (Å²) in [6.45, 7) is 0. The van der Waals surface area contributed by atoms with Crippen LogP contribution in [0.15, 0.2) is 36.5 Å². The highest BCUT2D eigenvalue weighted by atomic mass is 35.5. The molecule has 0 atom stereocenters. The smallest absolute Gasteiger partial charge is 0.339 e. The molecule has 0 saturated heterocycles. The highest BCUT2D eigenvalue weighted by molar-refractivity contribution is 6.31. The maximum Gasteiger partial charge on any atom is 0.339 e. The Morgan fingerprint density at radius 3 is 2.71 bits per heavy atom. The monoisotopic (exact) mass is 306 g/mol. The van der Waals surface area contributed by atoms with Crippen LogP contribution in [0.25, 0.3) is 0 Å². The van der Waals surface area contributed by atoms with Crippen molar-refractivity contribution in [1.82, 2.24) is 4.98 Å². The number of amides is 1. The first-order valence-corrected chi connectivity index (χ1v) is 6.24. The van der Waals surface area contributed by atoms with Crippen LogP contribution in [0.1, 0.15) is 20.7 Å². The van der Waals surface area contributed by atoms with Crippen LogP contribution in [-0.2, 0) is 0 Å². The van der Waals surface area contributed by atoms with Crippen LogP contribution in [0, 0.1) is 0 Å². The minimum absolute atomic E-state index is 0.0352. The van der Waals surface area contributed by atoms with E-state index >= 15 is 0 Å². The Balaban J connectivity index is 2.33. The molecule has 0 aliphatic heterocycles. The molecule has 1 aromatic carbocycles. The van der Waals surface area contributed by atoms with Crippen molar-refractivity contribution in [2.24, 2.45) is 0 Å². The van der Waals surface area contributed by atoms with E-state index in [1.54, 1.807) is 0 Å². The van der Waals surface area contributed by atoms with Gasteiger partial charge in [-0.2, -0.15) is 0 Å². The molecule has 1 heterocycles. The molecule has 1 amide bonds. The van der Waals surface area contributed by atoms with Crippen LogP contribution >= 0.6 is 11.6 Å². The van der Waals surface area contributed by atoms with Gasteiger partial charge in [-0.15, -0.1) is 0 Å². The number of anilines is 1. The predicted octanol–water partition coefficient (Wildman–Crippen LogP) is 2.69. The number of hydrogen-bond acceptors (Lipinski definition) is 4. The molecular weight excluding hydrogens is 296 g/mol. The SMILES string of the molecule is COc1cc(Cl)ccc1C(=O)Nc1ncccc1C(=O)O. The minimum Gasteiger partial charge on any atom is -0.496 e. The highest BCUT2D eigenvalue weighted by Crippen LogP contribution is 2.24. The van der Waals surface area contributed by atoms with Crippen LogP contribution in [0.5, 0.6) is 5.75 Å². The summed E-state index contributed by atoms with van der Waals surface area (Å²) in [4.78, 5) is 27.1. The number of carboxylic acid groups (broad SMARTS) is 1. The van der Waals surface area contributed by atoms with Crippen molar-refractivity contribution in [1.29, 1.82) is 0 Å². The van der Waals surface area contributed by atoms with Crippen molar-refractivity contribution < 1.29 is 19.4 Å². The van der Waals surface area contributed by atoms with Crippen molar-refractivity contribution >= 4 is 29.3 Å². The molecule has 21 heavy (non-hydrogen) atoms. The predicted molar refractivity (Wildman–Crippen MR) is 77.2 cm³/mol. The van der Waals surface area contributed by atoms with Crippen molar-refractivity contribution in [3.05, 3.63) is 52.7 Å². The molecule has 0 fully saturated rings. The number of carbonyl (C=O) groups excluding carboxylic acids is 1. The largest absolute Gasteiger partial charge is 0.496 e. The number of benzene rings is 1. The number of nitrogens with zero attached hydrogens (tertiary/aromatic N) is 1. The van der Waals surface area contributed by atoms with Crippen LogP contribution < -0.4 is 10.1 Å². The van der Waals surface area contributed by atoms with E-state index in [4.69, 9.17) is 21.4 Å². The van der Waals surface area contributed by atoms with Gasteiger partial charge < -0.3 is 15.2 Å². The number of halogens is 1. The van der Waals surface area contributed by atoms with Crippen molar-refractivity contribution in [2.45, 2.75) is 0 Å². The van der Waals surface area contributed by atoms with Gasteiger partial charge in [-0.1, -0.05) is 11.6 Å². The molecule has 2 aromatic rings. The van der Waals surface area contributed by atoms with Crippen molar-refractivity contribution in [2.75, 3.05) is 12.4 Å². The third kappa shape index (κ3) is 3.29. The van der Waals surface area contributed by atoms with Gasteiger partial charge in [0.1, 0.15) is 17.1 Å². The molecule has 0 spiro atoms. The average Bonchev–Trinajstić information content (AvgIpc) is 2.47. The Morgan fingerprint density at radius 2 is 2.05 bits per heavy atom. The number of nitrogens with one attached hydrogen (secondary N) is 1. The van der Waals surface area contributed by atoms with Crippen molar-refractivity contribution in [3.63, 3.8) is 0 Å². The zero-order chi connectivity index (χ0) is 15.4. The lowest BCUT2D eigenvalue weighted by Gasteiger charge is -2.10. The summed E-state index contributed by atoms with van der Waals surface area (Å²) in [6.07, 6.45) is 1.39. The number of pyridine rings is 1. The van der Waals surface area contributed by atoms with E-state index in [-0.39, 0.29) is 22.7 Å². The summed E-state index contributed by atoms with van der Waals surface area (Å²) < 4.78 is 5.08. The van der Waals surface area contributed by atoms with Gasteiger partial charge in [0.25, 0.3) is 5.91 Å². The second-order valence-corrected chi connectivity index (χ2v) is 4.44. The second kappa shape index (κ2) is 6.23. The molecule has 0 aliphatic rings. The molecule has 0 bridgehead atoms. The van der Waals surface area contributed by atoms with Gasteiger partial charge in [-0.05, 0) is 30.3 Å². The fourth-order valence-electron chi connectivity index (χ4n) is 1.71. The number of hydrogen-bond donors (Lipinski definition) is 2. The maximum absolute atomic E-state index is 12.2. The van der Waals surface area contributed by atoms with Gasteiger partial charge in [0.05, 0.1) is 12.7 Å². The fourth-order valence-corrected chi connectivity index (χ4v) is 1.87. The summed E-state index contributed by atoms with van der Waals surface area (Å²) in [7, 11) is 1.41. The Bertz CT molecular complexity index is 703. The topological polar surface area (TPSA) is 88.5 Å². The zero-order valence-corrected chi connectivity index (χ0v) is 11.7. The summed E-state index contributed by atoms with van der Waals surface area (Å²) >= 11 is 5.83. The van der Waals surface area contributed by atoms with Gasteiger partial charge in [-0.3, -0.25) is 4.79 Å². The molecule has 1 aromatic heterocycles. The quantitative estimate of drug-likeness (QED) is 0.906. The van der Waals surface area contributed by atoms with E-state index in [0.29, 0.717) is 5.02 Å². The van der Waals surface area contributed by atoms with E-state index < -0.39 is 11.9 Å². The Kier molecular flexibility index (Phi) is 4.39. The molecule has 7 heteroatoms. The summed E-state index contributed by atoms with van der Waals surface area (Å²) in [5, 5.41) is 11.9. The standard InChI is InChI=1S/C14H11ClN2O4/c1-21-11-7-8(15)4-5-9(11)13(18)17-12-10(14(19)20)3-2-6-16-12/h2-7H,1H3,(H,19,20)(H,16,17,18). The average molecular weight is 307 g/mol. The van der Waals surface area contributed by atoms with Gasteiger partial charge >= 0.3 is 5.97 Å². The third-order valence-electron chi connectivity index (χ3n) is 2.68. The fraction of sp³-hybridized carbons (Fsp3) is 0.0714. The van der Waals surface area contributed by atoms with E-state index in [0.717, 1.165) is 0 Å². The number of rotatable bonds is 4. The van der Waals surface area contributed by atoms with Crippen LogP contribution in [0.4, 0.5) is 5.82 Å². The number of methoxy groups -OCH3 is 1. The lowest BCUT2D eigenvalue weighted by atomic mass is 10.1. The van der Waals surface area contributed by atoms with Crippen LogP contribution in [-0.4, -0.2) is 29.1 Å². The summed E-state index contributed by atoms with van der Waals surface area (Å²) in [5.74, 6) is -1.47. The van der Waals surface area contributed by atoms with E-state index in [9.17, 15) is 9.59 Å². The number of ether oxygens (including phenoxy) is 1. The van der Waals surface area contributed by atoms with E-state index in [1.807, 2.05) is 0 Å². The molecule has 0 saturated carbocycles. The van der Waals surface area contributed by atoms with E-state index in [1.165, 1.54) is 43.6 Å². The lowest BCUT2D eigenvalue weighted by Crippen LogP contribution is -2.16. The lowest BCUT2D eigenvalue weighted by molar-refractivity contribution is 0.0697. The number of carboxylic acids is 1. The number of aromatic nitrogens is 1. The van der Waals surface area contributed by atoms with Gasteiger partial charge in [0.15, 0.2) is 0 Å². The first-order valence-electron chi connectivity index (χ1n) is 5.86.